The number of carbonyl (C=O) groups excluding carboxylic acids is 1. The van der Waals surface area contributed by atoms with Gasteiger partial charge in [0.15, 0.2) is 11.5 Å². The van der Waals surface area contributed by atoms with Gasteiger partial charge in [0.1, 0.15) is 12.6 Å². The van der Waals surface area contributed by atoms with E-state index in [1.807, 2.05) is 6.92 Å². The fourth-order valence-electron chi connectivity index (χ4n) is 3.91. The van der Waals surface area contributed by atoms with E-state index in [2.05, 4.69) is 0 Å². The number of carbonyl (C=O) groups is 1. The fraction of sp³-hybridized carbons (Fsp3) is 0.350. The lowest BCUT2D eigenvalue weighted by molar-refractivity contribution is -0.152. The lowest BCUT2D eigenvalue weighted by Crippen LogP contribution is -2.47. The molecule has 0 aliphatic carbocycles. The summed E-state index contributed by atoms with van der Waals surface area (Å²) in [6.07, 6.45) is -1.13. The van der Waals surface area contributed by atoms with Crippen LogP contribution in [0.5, 0.6) is 11.5 Å². The second kappa shape index (κ2) is 7.01. The number of sulfonamides is 1. The minimum absolute atomic E-state index is 0.0409. The van der Waals surface area contributed by atoms with E-state index in [9.17, 15) is 18.3 Å². The number of methoxy groups -OCH3 is 2. The maximum atomic E-state index is 13.3. The van der Waals surface area contributed by atoms with Crippen LogP contribution in [-0.2, 0) is 26.2 Å². The fourth-order valence-corrected chi connectivity index (χ4v) is 5.46. The summed E-state index contributed by atoms with van der Waals surface area (Å²) >= 11 is 0. The van der Waals surface area contributed by atoms with Gasteiger partial charge in [0, 0.05) is 12.1 Å². The zero-order chi connectivity index (χ0) is 20.9. The van der Waals surface area contributed by atoms with Crippen molar-refractivity contribution in [1.82, 2.24) is 4.31 Å². The van der Waals surface area contributed by atoms with Gasteiger partial charge < -0.3 is 19.3 Å². The van der Waals surface area contributed by atoms with Crippen molar-refractivity contribution in [3.63, 3.8) is 0 Å². The maximum Gasteiger partial charge on any atom is 0.329 e. The van der Waals surface area contributed by atoms with Crippen LogP contribution in [-0.4, -0.2) is 44.6 Å². The molecule has 154 valence electrons. The average molecular weight is 419 g/mol. The van der Waals surface area contributed by atoms with E-state index in [0.29, 0.717) is 28.2 Å². The maximum absolute atomic E-state index is 13.3. The molecule has 0 saturated heterocycles. The molecule has 9 heteroatoms. The van der Waals surface area contributed by atoms with Gasteiger partial charge in [-0.25, -0.2) is 13.2 Å². The summed E-state index contributed by atoms with van der Waals surface area (Å²) in [7, 11) is -1.15. The number of cyclic esters (lactones) is 1. The molecular weight excluding hydrogens is 398 g/mol. The van der Waals surface area contributed by atoms with Crippen molar-refractivity contribution in [2.24, 2.45) is 0 Å². The largest absolute Gasteiger partial charge is 0.493 e. The summed E-state index contributed by atoms with van der Waals surface area (Å²) < 4.78 is 43.7. The molecule has 2 aliphatic rings. The van der Waals surface area contributed by atoms with Gasteiger partial charge in [-0.1, -0.05) is 17.7 Å². The molecule has 2 aromatic rings. The van der Waals surface area contributed by atoms with Crippen LogP contribution in [0.25, 0.3) is 0 Å². The topological polar surface area (TPSA) is 102 Å². The first kappa shape index (κ1) is 19.7. The van der Waals surface area contributed by atoms with E-state index in [1.165, 1.54) is 26.4 Å². The predicted molar refractivity (Wildman–Crippen MR) is 102 cm³/mol. The number of esters is 1. The third kappa shape index (κ3) is 2.97. The molecule has 0 amide bonds. The van der Waals surface area contributed by atoms with E-state index in [4.69, 9.17) is 14.2 Å². The second-order valence-electron chi connectivity index (χ2n) is 7.01. The van der Waals surface area contributed by atoms with Gasteiger partial charge in [0.2, 0.25) is 10.0 Å². The first-order valence-corrected chi connectivity index (χ1v) is 10.4. The number of aliphatic hydroxyl groups excluding tert-OH is 1. The number of benzene rings is 2. The van der Waals surface area contributed by atoms with Gasteiger partial charge in [-0.15, -0.1) is 0 Å². The quantitative estimate of drug-likeness (QED) is 0.755. The molecule has 2 atom stereocenters. The zero-order valence-corrected chi connectivity index (χ0v) is 17.0. The highest BCUT2D eigenvalue weighted by Gasteiger charge is 2.48. The Hall–Kier alpha value is -2.62. The van der Waals surface area contributed by atoms with Gasteiger partial charge in [0.25, 0.3) is 0 Å². The number of ether oxygens (including phenoxy) is 3. The van der Waals surface area contributed by atoms with Gasteiger partial charge in [-0.3, -0.25) is 0 Å². The Bertz CT molecular complexity index is 1080. The lowest BCUT2D eigenvalue weighted by atomic mass is 9.86. The molecule has 0 aromatic heterocycles. The number of hydrogen-bond donors (Lipinski definition) is 1. The van der Waals surface area contributed by atoms with Crippen molar-refractivity contribution >= 4 is 16.0 Å². The molecule has 0 spiro atoms. The van der Waals surface area contributed by atoms with Crippen molar-refractivity contribution in [2.75, 3.05) is 20.8 Å². The van der Waals surface area contributed by atoms with Crippen molar-refractivity contribution in [2.45, 2.75) is 30.6 Å². The Morgan fingerprint density at radius 1 is 1.17 bits per heavy atom. The number of rotatable bonds is 4. The average Bonchev–Trinajstić information content (AvgIpc) is 2.71. The molecule has 0 bridgehead atoms. The number of hydrogen-bond acceptors (Lipinski definition) is 7. The van der Waals surface area contributed by atoms with Crippen molar-refractivity contribution < 1.29 is 32.5 Å². The molecule has 4 rings (SSSR count). The number of aliphatic hydroxyl groups is 1. The van der Waals surface area contributed by atoms with Crippen LogP contribution in [0.15, 0.2) is 35.2 Å². The van der Waals surface area contributed by atoms with Crippen LogP contribution < -0.4 is 9.47 Å². The number of nitrogens with zero attached hydrogens (tertiary/aromatic N) is 1. The molecule has 29 heavy (non-hydrogen) atoms. The Morgan fingerprint density at radius 2 is 1.86 bits per heavy atom. The summed E-state index contributed by atoms with van der Waals surface area (Å²) in [5, 5.41) is 10.8. The van der Waals surface area contributed by atoms with Gasteiger partial charge >= 0.3 is 5.97 Å². The molecule has 8 nitrogen and oxygen atoms in total. The number of β-amino-alcohol motifs (C(OH)–C–C–N with tert-alkyl or cyclic N) is 1. The third-order valence-corrected chi connectivity index (χ3v) is 7.17. The molecule has 2 aromatic carbocycles. The highest BCUT2D eigenvalue weighted by Crippen LogP contribution is 2.49. The highest BCUT2D eigenvalue weighted by atomic mass is 32.2. The second-order valence-corrected chi connectivity index (χ2v) is 8.90. The van der Waals surface area contributed by atoms with Crippen molar-refractivity contribution in [3.05, 3.63) is 52.6 Å². The van der Waals surface area contributed by atoms with Gasteiger partial charge in [-0.2, -0.15) is 4.31 Å². The molecule has 1 N–H and O–H groups in total. The van der Waals surface area contributed by atoms with Crippen molar-refractivity contribution in [1.29, 1.82) is 0 Å². The summed E-state index contributed by atoms with van der Waals surface area (Å²) in [4.78, 5) is 12.7. The summed E-state index contributed by atoms with van der Waals surface area (Å²) in [6.45, 7) is 1.48. The first-order valence-electron chi connectivity index (χ1n) is 9.00. The first-order chi connectivity index (χ1) is 13.8. The Kier molecular flexibility index (Phi) is 4.76. The summed E-state index contributed by atoms with van der Waals surface area (Å²) in [6, 6.07) is 6.71. The lowest BCUT2D eigenvalue weighted by Gasteiger charge is -2.40. The zero-order valence-electron chi connectivity index (χ0n) is 16.2. The minimum Gasteiger partial charge on any atom is -0.493 e. The third-order valence-electron chi connectivity index (χ3n) is 5.33. The number of aryl methyl sites for hydroxylation is 1. The molecular formula is C20H21NO7S. The Labute approximate surface area is 168 Å². The summed E-state index contributed by atoms with van der Waals surface area (Å²) in [5.41, 5.74) is 2.24. The van der Waals surface area contributed by atoms with E-state index < -0.39 is 28.1 Å². The van der Waals surface area contributed by atoms with E-state index in [1.54, 1.807) is 18.2 Å². The predicted octanol–water partition coefficient (Wildman–Crippen LogP) is 1.85. The normalized spacial score (nSPS) is 21.3. The van der Waals surface area contributed by atoms with Crippen LogP contribution in [0.1, 0.15) is 34.4 Å². The SMILES string of the molecule is COc1cc2c3c(c1OC)COC(=O)[C@H]3N(S(=O)(=O)c1ccc(C)cc1)C[C@H]2O. The summed E-state index contributed by atoms with van der Waals surface area (Å²) in [5.74, 6) is 0.0472. The van der Waals surface area contributed by atoms with Crippen LogP contribution in [0.4, 0.5) is 0 Å². The highest BCUT2D eigenvalue weighted by molar-refractivity contribution is 7.89. The molecule has 0 unspecified atom stereocenters. The van der Waals surface area contributed by atoms with Crippen LogP contribution in [0, 0.1) is 6.92 Å². The molecule has 0 radical (unpaired) electrons. The van der Waals surface area contributed by atoms with E-state index in [-0.39, 0.29) is 18.0 Å². The van der Waals surface area contributed by atoms with Crippen molar-refractivity contribution in [3.8, 4) is 11.5 Å². The van der Waals surface area contributed by atoms with E-state index in [0.717, 1.165) is 9.87 Å². The molecule has 2 aliphatic heterocycles. The molecule has 0 fully saturated rings. The van der Waals surface area contributed by atoms with Crippen LogP contribution >= 0.6 is 0 Å². The molecule has 0 saturated carbocycles. The van der Waals surface area contributed by atoms with E-state index >= 15 is 0 Å². The molecule has 2 heterocycles. The minimum atomic E-state index is -4.07. The Balaban J connectivity index is 1.92. The monoisotopic (exact) mass is 419 g/mol. The van der Waals surface area contributed by atoms with Gasteiger partial charge in [-0.05, 0) is 36.2 Å². The standard InChI is InChI=1S/C20H21NO7S/c1-11-4-6-12(7-5-11)29(24,25)21-9-15(22)13-8-16(26-2)19(27-3)14-10-28-20(23)18(21)17(13)14/h4-8,15,18,22H,9-10H2,1-3H3/t15-,18+/m1/s1. The van der Waals surface area contributed by atoms with Crippen LogP contribution in [0.2, 0.25) is 0 Å². The van der Waals surface area contributed by atoms with Crippen LogP contribution in [0.3, 0.4) is 0 Å². The Morgan fingerprint density at radius 3 is 2.48 bits per heavy atom. The smallest absolute Gasteiger partial charge is 0.329 e. The van der Waals surface area contributed by atoms with Gasteiger partial charge in [0.05, 0.1) is 25.2 Å².